The van der Waals surface area contributed by atoms with Crippen LogP contribution >= 0.6 is 0 Å². The van der Waals surface area contributed by atoms with Gasteiger partial charge in [-0.2, -0.15) is 0 Å². The average molecular weight is 1080 g/mol. The molecule has 3 rings (SSSR count). The third-order valence-corrected chi connectivity index (χ3v) is 14.2. The molecule has 3 heterocycles. The molecule has 0 aliphatic carbocycles. The van der Waals surface area contributed by atoms with Gasteiger partial charge in [0.2, 0.25) is 11.8 Å². The van der Waals surface area contributed by atoms with Gasteiger partial charge in [-0.1, -0.05) is 116 Å². The number of carbonyl (C=O) groups is 3. The largest absolute Gasteiger partial charge is 0.477 e. The zero-order valence-electron chi connectivity index (χ0n) is 44.4. The second-order valence-electron chi connectivity index (χ2n) is 20.4. The number of ether oxygens (including phenoxy) is 6. The van der Waals surface area contributed by atoms with Crippen LogP contribution in [0.5, 0.6) is 0 Å². The second-order valence-corrected chi connectivity index (χ2v) is 20.4. The van der Waals surface area contributed by atoms with E-state index in [0.29, 0.717) is 19.3 Å². The summed E-state index contributed by atoms with van der Waals surface area (Å²) in [5, 5.41) is 135. The molecule has 75 heavy (non-hydrogen) atoms. The van der Waals surface area contributed by atoms with Crippen LogP contribution in [-0.4, -0.2) is 215 Å². The molecular formula is C52H94N2O21. The van der Waals surface area contributed by atoms with Crippen molar-refractivity contribution in [3.05, 3.63) is 12.2 Å². The Bertz CT molecular complexity index is 1620. The second kappa shape index (κ2) is 35.9. The van der Waals surface area contributed by atoms with Gasteiger partial charge in [0.1, 0.15) is 67.1 Å². The molecular weight excluding hydrogens is 989 g/mol. The molecule has 0 radical (unpaired) electrons. The molecule has 23 nitrogen and oxygen atoms in total. The van der Waals surface area contributed by atoms with Crippen molar-refractivity contribution in [3.8, 4) is 0 Å². The van der Waals surface area contributed by atoms with E-state index in [9.17, 15) is 75.7 Å². The van der Waals surface area contributed by atoms with Gasteiger partial charge in [0, 0.05) is 19.8 Å². The van der Waals surface area contributed by atoms with Crippen molar-refractivity contribution >= 4 is 17.8 Å². The summed E-state index contributed by atoms with van der Waals surface area (Å²) in [7, 11) is 0. The third-order valence-electron chi connectivity index (χ3n) is 14.2. The maximum atomic E-state index is 13.3. The first kappa shape index (κ1) is 66.7. The van der Waals surface area contributed by atoms with Crippen LogP contribution in [0.1, 0.15) is 162 Å². The van der Waals surface area contributed by atoms with Crippen LogP contribution in [0.3, 0.4) is 0 Å². The summed E-state index contributed by atoms with van der Waals surface area (Å²) < 4.78 is 34.6. The lowest BCUT2D eigenvalue weighted by Gasteiger charge is -2.50. The molecule has 0 aromatic heterocycles. The minimum Gasteiger partial charge on any atom is -0.477 e. The van der Waals surface area contributed by atoms with E-state index in [-0.39, 0.29) is 18.9 Å². The standard InChI is InChI=1S/C52H94N2O21/c1-4-6-8-10-12-14-15-16-18-20-22-24-26-39(62)54-33(34(59)25-23-21-19-17-13-11-9-7-5-2)31-70-49-44(66)43(65)46(38(30-57)72-49)73-50-45(67)48(42(64)37(29-56)71-50)75-52(51(68)69)27-35(60)40(53-32(3)58)47(74-52)41(63)36(61)28-55/h12,14,33-38,40-50,55-57,59-61,63-67H,4-11,13,15-31H2,1-3H3,(H,53,58)(H,54,62)(H,68,69)/b14-12-. The molecule has 0 aromatic carbocycles. The first-order chi connectivity index (χ1) is 35.9. The van der Waals surface area contributed by atoms with E-state index < -0.39 is 148 Å². The number of rotatable bonds is 38. The van der Waals surface area contributed by atoms with Crippen molar-refractivity contribution < 1.29 is 104 Å². The Morgan fingerprint density at radius 3 is 1.83 bits per heavy atom. The molecule has 438 valence electrons. The summed E-state index contributed by atoms with van der Waals surface area (Å²) in [6.07, 6.45) is -4.26. The van der Waals surface area contributed by atoms with E-state index in [4.69, 9.17) is 28.4 Å². The zero-order valence-corrected chi connectivity index (χ0v) is 44.4. The highest BCUT2D eigenvalue weighted by Crippen LogP contribution is 2.38. The quantitative estimate of drug-likeness (QED) is 0.0295. The summed E-state index contributed by atoms with van der Waals surface area (Å²) >= 11 is 0. The van der Waals surface area contributed by atoms with Crippen LogP contribution in [0, 0.1) is 0 Å². The molecule has 3 aliphatic heterocycles. The lowest BCUT2D eigenvalue weighted by atomic mass is 9.88. The Balaban J connectivity index is 1.71. The number of aliphatic hydroxyl groups is 11. The van der Waals surface area contributed by atoms with Gasteiger partial charge in [-0.15, -0.1) is 0 Å². The highest BCUT2D eigenvalue weighted by Gasteiger charge is 2.60. The maximum absolute atomic E-state index is 13.3. The van der Waals surface area contributed by atoms with Crippen molar-refractivity contribution in [2.24, 2.45) is 0 Å². The number of carboxylic acids is 1. The number of carbonyl (C=O) groups excluding carboxylic acids is 2. The van der Waals surface area contributed by atoms with Crippen molar-refractivity contribution in [1.29, 1.82) is 0 Å². The fourth-order valence-electron chi connectivity index (χ4n) is 9.70. The molecule has 0 bridgehead atoms. The molecule has 23 heteroatoms. The van der Waals surface area contributed by atoms with Gasteiger partial charge in [0.25, 0.3) is 5.79 Å². The van der Waals surface area contributed by atoms with Crippen LogP contribution in [-0.2, 0) is 42.8 Å². The van der Waals surface area contributed by atoms with Crippen LogP contribution in [0.4, 0.5) is 0 Å². The highest BCUT2D eigenvalue weighted by atomic mass is 16.8. The van der Waals surface area contributed by atoms with Gasteiger partial charge in [-0.3, -0.25) is 9.59 Å². The van der Waals surface area contributed by atoms with Gasteiger partial charge in [-0.05, 0) is 38.5 Å². The smallest absolute Gasteiger partial charge is 0.364 e. The molecule has 3 fully saturated rings. The minimum atomic E-state index is -3.07. The summed E-state index contributed by atoms with van der Waals surface area (Å²) in [6.45, 7) is 2.06. The number of nitrogens with one attached hydrogen (secondary N) is 2. The number of aliphatic carboxylic acids is 1. The topological polar surface area (TPSA) is 373 Å². The van der Waals surface area contributed by atoms with Crippen LogP contribution < -0.4 is 10.6 Å². The predicted molar refractivity (Wildman–Crippen MR) is 269 cm³/mol. The molecule has 0 saturated carbocycles. The van der Waals surface area contributed by atoms with Crippen LogP contribution in [0.2, 0.25) is 0 Å². The Kier molecular flexibility index (Phi) is 31.9. The van der Waals surface area contributed by atoms with Gasteiger partial charge >= 0.3 is 5.97 Å². The predicted octanol–water partition coefficient (Wildman–Crippen LogP) is 0.435. The fourth-order valence-corrected chi connectivity index (χ4v) is 9.70. The van der Waals surface area contributed by atoms with E-state index in [1.165, 1.54) is 44.9 Å². The minimum absolute atomic E-state index is 0.213. The highest BCUT2D eigenvalue weighted by molar-refractivity contribution is 5.77. The molecule has 3 saturated heterocycles. The van der Waals surface area contributed by atoms with Gasteiger partial charge < -0.3 is 100 Å². The van der Waals surface area contributed by atoms with Gasteiger partial charge in [0.05, 0.1) is 50.7 Å². The Hall–Kier alpha value is -2.53. The average Bonchev–Trinajstić information content (AvgIpc) is 3.38. The zero-order chi connectivity index (χ0) is 55.5. The molecule has 0 aromatic rings. The fraction of sp³-hybridized carbons (Fsp3) is 0.904. The normalized spacial score (nSPS) is 31.9. The lowest BCUT2D eigenvalue weighted by molar-refractivity contribution is -0.386. The molecule has 2 amide bonds. The van der Waals surface area contributed by atoms with Crippen LogP contribution in [0.25, 0.3) is 0 Å². The summed E-state index contributed by atoms with van der Waals surface area (Å²) in [6, 6.07) is -2.53. The number of hydrogen-bond donors (Lipinski definition) is 14. The lowest BCUT2D eigenvalue weighted by Crippen LogP contribution is -2.70. The number of aliphatic hydroxyl groups excluding tert-OH is 11. The molecule has 3 aliphatic rings. The number of amides is 2. The van der Waals surface area contributed by atoms with Crippen molar-refractivity contribution in [3.63, 3.8) is 0 Å². The number of unbranched alkanes of at least 4 members (excludes halogenated alkanes) is 16. The first-order valence-electron chi connectivity index (χ1n) is 27.5. The summed E-state index contributed by atoms with van der Waals surface area (Å²) in [5.74, 6) is -6.12. The molecule has 18 atom stereocenters. The van der Waals surface area contributed by atoms with E-state index in [1.54, 1.807) is 0 Å². The SMILES string of the molecule is CCCCC/C=C\CCCCCCCC(=O)NC(COC1OC(CO)C(OC2OC(CO)C(O)C(OC3(C(=O)O)CC(O)C(NC(C)=O)C(C(O)C(O)CO)O3)C2O)C(O)C1O)C(O)CCCCCCCCCCC. The third kappa shape index (κ3) is 21.6. The Labute approximate surface area is 441 Å². The molecule has 0 spiro atoms. The van der Waals surface area contributed by atoms with Crippen molar-refractivity contribution in [1.82, 2.24) is 10.6 Å². The number of allylic oxidation sites excluding steroid dienone is 2. The van der Waals surface area contributed by atoms with Gasteiger partial charge in [-0.25, -0.2) is 4.79 Å². The summed E-state index contributed by atoms with van der Waals surface area (Å²) in [5.41, 5.74) is 0. The maximum Gasteiger partial charge on any atom is 0.364 e. The first-order valence-corrected chi connectivity index (χ1v) is 27.5. The van der Waals surface area contributed by atoms with E-state index >= 15 is 0 Å². The van der Waals surface area contributed by atoms with Crippen molar-refractivity contribution in [2.45, 2.75) is 272 Å². The van der Waals surface area contributed by atoms with E-state index in [2.05, 4.69) is 36.6 Å². The summed E-state index contributed by atoms with van der Waals surface area (Å²) in [4.78, 5) is 38.2. The van der Waals surface area contributed by atoms with Crippen molar-refractivity contribution in [2.75, 3.05) is 26.4 Å². The molecule has 14 N–H and O–H groups in total. The Morgan fingerprint density at radius 1 is 0.680 bits per heavy atom. The number of carboxylic acid groups (broad SMARTS) is 1. The van der Waals surface area contributed by atoms with E-state index in [0.717, 1.165) is 71.1 Å². The van der Waals surface area contributed by atoms with Crippen LogP contribution in [0.15, 0.2) is 12.2 Å². The van der Waals surface area contributed by atoms with Gasteiger partial charge in [0.15, 0.2) is 12.6 Å². The molecule has 18 unspecified atom stereocenters. The van der Waals surface area contributed by atoms with E-state index in [1.807, 2.05) is 0 Å². The number of hydrogen-bond acceptors (Lipinski definition) is 20. The monoisotopic (exact) mass is 1080 g/mol. The Morgan fingerprint density at radius 2 is 1.24 bits per heavy atom.